The van der Waals surface area contributed by atoms with Crippen LogP contribution in [0.1, 0.15) is 0 Å². The molecule has 1 aromatic rings. The van der Waals surface area contributed by atoms with Crippen LogP contribution in [0, 0.1) is 5.82 Å². The van der Waals surface area contributed by atoms with Gasteiger partial charge < -0.3 is 10.8 Å². The summed E-state index contributed by atoms with van der Waals surface area (Å²) < 4.78 is 12.5. The van der Waals surface area contributed by atoms with Crippen LogP contribution in [0.15, 0.2) is 12.1 Å². The molecule has 10 heavy (non-hydrogen) atoms. The van der Waals surface area contributed by atoms with E-state index in [1.54, 1.807) is 0 Å². The molecule has 0 spiro atoms. The van der Waals surface area contributed by atoms with E-state index in [2.05, 4.69) is 0 Å². The molecule has 50 valence electrons. The number of rotatable bonds is 0. The van der Waals surface area contributed by atoms with Gasteiger partial charge in [-0.1, -0.05) is 11.5 Å². The third-order valence-electron chi connectivity index (χ3n) is 1.18. The van der Waals surface area contributed by atoms with Crippen molar-refractivity contribution in [2.24, 2.45) is 0 Å². The van der Waals surface area contributed by atoms with Crippen molar-refractivity contribution in [3.05, 3.63) is 17.9 Å². The SMILES string of the molecule is [B]c1ccc(N)c(F)c1O. The average Bonchev–Trinajstić information content (AvgIpc) is 1.93. The van der Waals surface area contributed by atoms with Crippen LogP contribution in [-0.4, -0.2) is 13.0 Å². The van der Waals surface area contributed by atoms with Crippen molar-refractivity contribution < 1.29 is 9.50 Å². The number of hydrogen-bond acceptors (Lipinski definition) is 2. The van der Waals surface area contributed by atoms with Gasteiger partial charge in [0.25, 0.3) is 0 Å². The Kier molecular flexibility index (Phi) is 1.53. The van der Waals surface area contributed by atoms with E-state index in [-0.39, 0.29) is 11.2 Å². The molecule has 1 aromatic carbocycles. The van der Waals surface area contributed by atoms with Crippen LogP contribution in [0.2, 0.25) is 0 Å². The molecule has 0 saturated carbocycles. The van der Waals surface area contributed by atoms with E-state index in [0.717, 1.165) is 0 Å². The first-order valence-electron chi connectivity index (χ1n) is 2.65. The molecule has 0 aliphatic rings. The minimum atomic E-state index is -0.861. The van der Waals surface area contributed by atoms with Gasteiger partial charge in [0, 0.05) is 0 Å². The van der Waals surface area contributed by atoms with Crippen molar-refractivity contribution in [2.45, 2.75) is 0 Å². The van der Waals surface area contributed by atoms with Gasteiger partial charge in [0.2, 0.25) is 0 Å². The molecule has 0 unspecified atom stereocenters. The molecule has 0 bridgehead atoms. The van der Waals surface area contributed by atoms with Gasteiger partial charge in [-0.3, -0.25) is 0 Å². The van der Waals surface area contributed by atoms with Gasteiger partial charge in [0.1, 0.15) is 13.6 Å². The molecule has 0 atom stereocenters. The van der Waals surface area contributed by atoms with Crippen molar-refractivity contribution in [1.29, 1.82) is 0 Å². The highest BCUT2D eigenvalue weighted by molar-refractivity contribution is 6.34. The lowest BCUT2D eigenvalue weighted by atomic mass is 9.94. The quantitative estimate of drug-likeness (QED) is 0.387. The Labute approximate surface area is 58.9 Å². The fourth-order valence-corrected chi connectivity index (χ4v) is 0.595. The van der Waals surface area contributed by atoms with E-state index in [1.807, 2.05) is 0 Å². The maximum Gasteiger partial charge on any atom is 0.186 e. The predicted molar refractivity (Wildman–Crippen MR) is 37.9 cm³/mol. The van der Waals surface area contributed by atoms with Crippen LogP contribution in [0.3, 0.4) is 0 Å². The molecule has 0 saturated heterocycles. The minimum absolute atomic E-state index is 0.00769. The van der Waals surface area contributed by atoms with E-state index in [0.29, 0.717) is 0 Å². The van der Waals surface area contributed by atoms with Crippen molar-refractivity contribution >= 4 is 19.0 Å². The lowest BCUT2D eigenvalue weighted by Gasteiger charge is -2.01. The second kappa shape index (κ2) is 2.21. The Hall–Kier alpha value is -1.19. The fraction of sp³-hybridized carbons (Fsp3) is 0. The van der Waals surface area contributed by atoms with Crippen LogP contribution in [0.25, 0.3) is 0 Å². The number of aromatic hydroxyl groups is 1. The third-order valence-corrected chi connectivity index (χ3v) is 1.18. The molecule has 0 amide bonds. The van der Waals surface area contributed by atoms with Crippen molar-refractivity contribution in [1.82, 2.24) is 0 Å². The summed E-state index contributed by atoms with van der Waals surface area (Å²) in [5, 5.41) is 8.81. The summed E-state index contributed by atoms with van der Waals surface area (Å²) in [6.07, 6.45) is 0. The largest absolute Gasteiger partial charge is 0.505 e. The van der Waals surface area contributed by atoms with E-state index in [9.17, 15) is 4.39 Å². The molecule has 2 nitrogen and oxygen atoms in total. The summed E-state index contributed by atoms with van der Waals surface area (Å²) in [7, 11) is 5.14. The fourth-order valence-electron chi connectivity index (χ4n) is 0.595. The normalized spacial score (nSPS) is 9.70. The molecule has 0 aliphatic heterocycles. The Morgan fingerprint density at radius 1 is 1.50 bits per heavy atom. The maximum atomic E-state index is 12.5. The van der Waals surface area contributed by atoms with Crippen LogP contribution in [0.5, 0.6) is 5.75 Å². The highest BCUT2D eigenvalue weighted by Gasteiger charge is 2.05. The summed E-state index contributed by atoms with van der Waals surface area (Å²) in [5.41, 5.74) is 4.99. The van der Waals surface area contributed by atoms with Crippen LogP contribution in [-0.2, 0) is 0 Å². The maximum absolute atomic E-state index is 12.5. The number of nitrogens with two attached hydrogens (primary N) is 1. The topological polar surface area (TPSA) is 46.2 Å². The zero-order valence-corrected chi connectivity index (χ0v) is 5.13. The smallest absolute Gasteiger partial charge is 0.186 e. The van der Waals surface area contributed by atoms with Crippen molar-refractivity contribution in [2.75, 3.05) is 5.73 Å². The first-order valence-corrected chi connectivity index (χ1v) is 2.65. The number of nitrogen functional groups attached to an aromatic ring is 1. The predicted octanol–water partition coefficient (Wildman–Crippen LogP) is -0.0927. The molecular formula is C6H5BFNO. The van der Waals surface area contributed by atoms with E-state index < -0.39 is 11.6 Å². The van der Waals surface area contributed by atoms with Gasteiger partial charge in [-0.2, -0.15) is 0 Å². The van der Waals surface area contributed by atoms with Crippen LogP contribution in [0.4, 0.5) is 10.1 Å². The molecule has 0 fully saturated rings. The summed E-state index contributed by atoms with van der Waals surface area (Å²) in [5.74, 6) is -1.44. The van der Waals surface area contributed by atoms with Gasteiger partial charge >= 0.3 is 0 Å². The van der Waals surface area contributed by atoms with E-state index in [4.69, 9.17) is 18.7 Å². The molecule has 1 rings (SSSR count). The molecule has 0 heterocycles. The van der Waals surface area contributed by atoms with Gasteiger partial charge in [-0.15, -0.1) is 0 Å². The zero-order chi connectivity index (χ0) is 7.72. The molecule has 3 N–H and O–H groups in total. The lowest BCUT2D eigenvalue weighted by Crippen LogP contribution is -2.05. The Bertz CT molecular complexity index is 237. The average molecular weight is 137 g/mol. The lowest BCUT2D eigenvalue weighted by molar-refractivity contribution is 0.438. The first-order chi connectivity index (χ1) is 4.63. The highest BCUT2D eigenvalue weighted by Crippen LogP contribution is 2.16. The monoisotopic (exact) mass is 137 g/mol. The van der Waals surface area contributed by atoms with Gasteiger partial charge in [-0.05, 0) is 6.07 Å². The second-order valence-corrected chi connectivity index (χ2v) is 1.91. The minimum Gasteiger partial charge on any atom is -0.505 e. The Morgan fingerprint density at radius 3 is 2.60 bits per heavy atom. The summed E-state index contributed by atoms with van der Waals surface area (Å²) in [6.45, 7) is 0. The highest BCUT2D eigenvalue weighted by atomic mass is 19.1. The Morgan fingerprint density at radius 2 is 2.10 bits per heavy atom. The van der Waals surface area contributed by atoms with Crippen molar-refractivity contribution in [3.63, 3.8) is 0 Å². The van der Waals surface area contributed by atoms with Crippen LogP contribution >= 0.6 is 0 Å². The first kappa shape index (κ1) is 6.93. The standard InChI is InChI=1S/C6H5BFNO/c7-3-1-2-4(9)5(8)6(3)10/h1-2,10H,9H2. The van der Waals surface area contributed by atoms with Gasteiger partial charge in [-0.25, -0.2) is 4.39 Å². The summed E-state index contributed by atoms with van der Waals surface area (Å²) in [6, 6.07) is 2.64. The van der Waals surface area contributed by atoms with Crippen LogP contribution < -0.4 is 11.2 Å². The van der Waals surface area contributed by atoms with Gasteiger partial charge in [0.05, 0.1) is 5.69 Å². The molecule has 0 aliphatic carbocycles. The number of hydrogen-bond donors (Lipinski definition) is 2. The number of anilines is 1. The Balaban J connectivity index is 3.34. The summed E-state index contributed by atoms with van der Waals surface area (Å²) >= 11 is 0. The molecular weight excluding hydrogens is 132 g/mol. The third kappa shape index (κ3) is 0.921. The molecule has 2 radical (unpaired) electrons. The second-order valence-electron chi connectivity index (χ2n) is 1.91. The summed E-state index contributed by atoms with van der Waals surface area (Å²) in [4.78, 5) is 0. The number of halogens is 1. The zero-order valence-electron chi connectivity index (χ0n) is 5.13. The number of phenols is 1. The number of phenolic OH excluding ortho intramolecular Hbond substituents is 1. The molecule has 0 aromatic heterocycles. The van der Waals surface area contributed by atoms with E-state index >= 15 is 0 Å². The number of benzene rings is 1. The van der Waals surface area contributed by atoms with Gasteiger partial charge in [0.15, 0.2) is 5.82 Å². The van der Waals surface area contributed by atoms with E-state index in [1.165, 1.54) is 12.1 Å². The van der Waals surface area contributed by atoms with Crippen molar-refractivity contribution in [3.8, 4) is 5.75 Å². The molecule has 4 heteroatoms.